The van der Waals surface area contributed by atoms with Crippen LogP contribution in [0, 0.1) is 0 Å². The molecular formula is C42H30N4O. The van der Waals surface area contributed by atoms with E-state index in [-0.39, 0.29) is 5.41 Å². The van der Waals surface area contributed by atoms with E-state index in [1.54, 1.807) is 0 Å². The SMILES string of the molecule is CC(C)(C)c1ccc2c(c1)c1ccc(Oc3ccc4c5ccccc5n5c6ccccc6nc5c4c3)cc1c1nc3ccccc3n21. The van der Waals surface area contributed by atoms with Crippen molar-refractivity contribution in [2.45, 2.75) is 26.2 Å². The third-order valence-corrected chi connectivity index (χ3v) is 9.65. The highest BCUT2D eigenvalue weighted by Gasteiger charge is 2.19. The lowest BCUT2D eigenvalue weighted by Gasteiger charge is -2.20. The lowest BCUT2D eigenvalue weighted by Crippen LogP contribution is -2.10. The van der Waals surface area contributed by atoms with Crippen molar-refractivity contribution in [3.8, 4) is 11.5 Å². The van der Waals surface area contributed by atoms with Crippen LogP contribution in [-0.2, 0) is 5.41 Å². The number of rotatable bonds is 2. The van der Waals surface area contributed by atoms with Crippen molar-refractivity contribution >= 4 is 76.7 Å². The van der Waals surface area contributed by atoms with Crippen LogP contribution in [0.25, 0.3) is 76.7 Å². The molecule has 10 rings (SSSR count). The first kappa shape index (κ1) is 26.3. The van der Waals surface area contributed by atoms with Crippen LogP contribution in [-0.4, -0.2) is 18.8 Å². The molecule has 224 valence electrons. The largest absolute Gasteiger partial charge is 0.457 e. The summed E-state index contributed by atoms with van der Waals surface area (Å²) in [7, 11) is 0. The summed E-state index contributed by atoms with van der Waals surface area (Å²) in [6.45, 7) is 6.79. The van der Waals surface area contributed by atoms with Crippen LogP contribution in [0.3, 0.4) is 0 Å². The molecule has 0 N–H and O–H groups in total. The summed E-state index contributed by atoms with van der Waals surface area (Å²) < 4.78 is 11.2. The van der Waals surface area contributed by atoms with Crippen LogP contribution in [0.15, 0.2) is 127 Å². The molecule has 0 amide bonds. The van der Waals surface area contributed by atoms with Gasteiger partial charge in [-0.15, -0.1) is 0 Å². The number of ether oxygens (including phenoxy) is 1. The number of pyridine rings is 2. The van der Waals surface area contributed by atoms with Crippen LogP contribution in [0.5, 0.6) is 11.5 Å². The molecule has 0 aliphatic carbocycles. The highest BCUT2D eigenvalue weighted by atomic mass is 16.5. The summed E-state index contributed by atoms with van der Waals surface area (Å²) in [5.41, 5.74) is 9.64. The quantitative estimate of drug-likeness (QED) is 0.184. The zero-order valence-corrected chi connectivity index (χ0v) is 26.3. The Labute approximate surface area is 270 Å². The van der Waals surface area contributed by atoms with Gasteiger partial charge in [-0.05, 0) is 101 Å². The van der Waals surface area contributed by atoms with Gasteiger partial charge in [-0.25, -0.2) is 9.97 Å². The number of para-hydroxylation sites is 5. The van der Waals surface area contributed by atoms with Crippen molar-refractivity contribution in [2.75, 3.05) is 0 Å². The van der Waals surface area contributed by atoms with Crippen LogP contribution in [0.4, 0.5) is 0 Å². The second-order valence-corrected chi connectivity index (χ2v) is 13.5. The Hall–Kier alpha value is -5.94. The minimum absolute atomic E-state index is 0.0308. The van der Waals surface area contributed by atoms with Crippen molar-refractivity contribution in [2.24, 2.45) is 0 Å². The molecule has 4 aromatic heterocycles. The average Bonchev–Trinajstić information content (AvgIpc) is 3.68. The van der Waals surface area contributed by atoms with E-state index >= 15 is 0 Å². The van der Waals surface area contributed by atoms with Gasteiger partial charge in [0.25, 0.3) is 0 Å². The maximum Gasteiger partial charge on any atom is 0.146 e. The van der Waals surface area contributed by atoms with Crippen LogP contribution in [0.1, 0.15) is 26.3 Å². The molecule has 5 heteroatoms. The van der Waals surface area contributed by atoms with E-state index in [1.165, 1.54) is 16.3 Å². The first-order chi connectivity index (χ1) is 22.9. The van der Waals surface area contributed by atoms with Gasteiger partial charge < -0.3 is 4.74 Å². The van der Waals surface area contributed by atoms with Crippen molar-refractivity contribution in [3.63, 3.8) is 0 Å². The van der Waals surface area contributed by atoms with Gasteiger partial charge in [-0.1, -0.05) is 69.3 Å². The zero-order valence-electron chi connectivity index (χ0n) is 26.3. The number of hydrogen-bond acceptors (Lipinski definition) is 3. The third-order valence-electron chi connectivity index (χ3n) is 9.65. The number of fused-ring (bicyclic) bond motifs is 16. The highest BCUT2D eigenvalue weighted by Crippen LogP contribution is 2.39. The first-order valence-electron chi connectivity index (χ1n) is 16.1. The van der Waals surface area contributed by atoms with E-state index in [4.69, 9.17) is 14.7 Å². The fourth-order valence-electron chi connectivity index (χ4n) is 7.36. The predicted molar refractivity (Wildman–Crippen MR) is 194 cm³/mol. The molecule has 6 aromatic carbocycles. The summed E-state index contributed by atoms with van der Waals surface area (Å²) in [6, 6.07) is 44.8. The fourth-order valence-corrected chi connectivity index (χ4v) is 7.36. The fraction of sp³-hybridized carbons (Fsp3) is 0.0952. The Kier molecular flexibility index (Phi) is 5.20. The van der Waals surface area contributed by atoms with Crippen molar-refractivity contribution in [1.29, 1.82) is 0 Å². The predicted octanol–water partition coefficient (Wildman–Crippen LogP) is 11.0. The Morgan fingerprint density at radius 3 is 1.55 bits per heavy atom. The number of benzene rings is 6. The first-order valence-corrected chi connectivity index (χ1v) is 16.1. The summed E-state index contributed by atoms with van der Waals surface area (Å²) in [5.74, 6) is 1.53. The summed E-state index contributed by atoms with van der Waals surface area (Å²) in [6.07, 6.45) is 0. The van der Waals surface area contributed by atoms with Gasteiger partial charge in [0.1, 0.15) is 22.8 Å². The average molecular weight is 607 g/mol. The minimum Gasteiger partial charge on any atom is -0.457 e. The summed E-state index contributed by atoms with van der Waals surface area (Å²) in [5, 5.41) is 6.83. The van der Waals surface area contributed by atoms with Crippen LogP contribution in [0.2, 0.25) is 0 Å². The molecule has 0 aliphatic heterocycles. The maximum absolute atomic E-state index is 6.67. The molecule has 0 aliphatic rings. The van der Waals surface area contributed by atoms with Gasteiger partial charge in [0.2, 0.25) is 0 Å². The minimum atomic E-state index is 0.0308. The number of imidazole rings is 2. The van der Waals surface area contributed by atoms with Crippen molar-refractivity contribution in [3.05, 3.63) is 133 Å². The van der Waals surface area contributed by atoms with Gasteiger partial charge in [0.15, 0.2) is 0 Å². The Morgan fingerprint density at radius 2 is 0.957 bits per heavy atom. The normalized spacial score (nSPS) is 12.6. The topological polar surface area (TPSA) is 43.8 Å². The highest BCUT2D eigenvalue weighted by molar-refractivity contribution is 6.15. The molecule has 4 heterocycles. The molecule has 47 heavy (non-hydrogen) atoms. The lowest BCUT2D eigenvalue weighted by atomic mass is 9.86. The Morgan fingerprint density at radius 1 is 0.447 bits per heavy atom. The molecule has 5 nitrogen and oxygen atoms in total. The summed E-state index contributed by atoms with van der Waals surface area (Å²) in [4.78, 5) is 10.2. The molecule has 0 spiro atoms. The van der Waals surface area contributed by atoms with Gasteiger partial charge in [-0.3, -0.25) is 8.80 Å². The monoisotopic (exact) mass is 606 g/mol. The van der Waals surface area contributed by atoms with Gasteiger partial charge in [-0.2, -0.15) is 0 Å². The van der Waals surface area contributed by atoms with E-state index in [9.17, 15) is 0 Å². The molecule has 0 atom stereocenters. The molecular weight excluding hydrogens is 576 g/mol. The molecule has 0 saturated heterocycles. The third kappa shape index (κ3) is 3.77. The lowest BCUT2D eigenvalue weighted by molar-refractivity contribution is 0.484. The Balaban J connectivity index is 1.20. The van der Waals surface area contributed by atoms with E-state index in [0.717, 1.165) is 77.4 Å². The molecule has 0 bridgehead atoms. The molecule has 0 unspecified atom stereocenters. The standard InChI is InChI=1S/C42H30N4O/c1-42(2,3)25-16-21-37-31(22-25)29-20-18-27(24-33(29)41-44-35-12-6-9-15-39(35)46(37)41)47-26-17-19-28-30-10-4-7-13-36(30)45-38-14-8-5-11-34(38)43-40(45)32(28)23-26/h4-24H,1-3H3. The van der Waals surface area contributed by atoms with E-state index < -0.39 is 0 Å². The molecule has 0 fully saturated rings. The number of aromatic nitrogens is 4. The molecule has 0 radical (unpaired) electrons. The van der Waals surface area contributed by atoms with Crippen molar-refractivity contribution in [1.82, 2.24) is 18.8 Å². The van der Waals surface area contributed by atoms with Gasteiger partial charge in [0.05, 0.1) is 33.1 Å². The van der Waals surface area contributed by atoms with E-state index in [0.29, 0.717) is 0 Å². The smallest absolute Gasteiger partial charge is 0.146 e. The second kappa shape index (κ2) is 9.30. The Bertz CT molecular complexity index is 2920. The van der Waals surface area contributed by atoms with Gasteiger partial charge in [0, 0.05) is 21.5 Å². The second-order valence-electron chi connectivity index (χ2n) is 13.5. The van der Waals surface area contributed by atoms with Gasteiger partial charge >= 0.3 is 0 Å². The number of hydrogen-bond donors (Lipinski definition) is 0. The van der Waals surface area contributed by atoms with Crippen LogP contribution < -0.4 is 4.74 Å². The van der Waals surface area contributed by atoms with E-state index in [2.05, 4.69) is 145 Å². The zero-order chi connectivity index (χ0) is 31.4. The number of nitrogens with zero attached hydrogens (tertiary/aromatic N) is 4. The molecule has 0 saturated carbocycles. The maximum atomic E-state index is 6.67. The van der Waals surface area contributed by atoms with E-state index in [1.807, 2.05) is 12.1 Å². The van der Waals surface area contributed by atoms with Crippen LogP contribution >= 0.6 is 0 Å². The van der Waals surface area contributed by atoms with Crippen molar-refractivity contribution < 1.29 is 4.74 Å². The molecule has 10 aromatic rings. The summed E-state index contributed by atoms with van der Waals surface area (Å²) >= 11 is 0.